The van der Waals surface area contributed by atoms with Crippen LogP contribution in [0.3, 0.4) is 0 Å². The maximum atomic E-state index is 13.7. The van der Waals surface area contributed by atoms with E-state index < -0.39 is 0 Å². The molecule has 0 spiro atoms. The second-order valence-electron chi connectivity index (χ2n) is 6.62. The van der Waals surface area contributed by atoms with Gasteiger partial charge in [0.2, 0.25) is 0 Å². The first-order chi connectivity index (χ1) is 13.8. The zero-order chi connectivity index (χ0) is 19.3. The van der Waals surface area contributed by atoms with Crippen LogP contribution in [0.15, 0.2) is 77.9 Å². The van der Waals surface area contributed by atoms with Crippen molar-refractivity contribution in [1.82, 2.24) is 19.9 Å². The molecule has 0 saturated heterocycles. The number of benzene rings is 2. The van der Waals surface area contributed by atoms with Gasteiger partial charge in [0.25, 0.3) is 5.56 Å². The molecule has 2 aromatic carbocycles. The minimum Gasteiger partial charge on any atom is -0.310 e. The number of pyridine rings is 1. The highest BCUT2D eigenvalue weighted by molar-refractivity contribution is 5.94. The SMILES string of the molecule is CCCNCc1nc2cccc(-c3cccnc3)c2c(=O)n1-c1ccccc1. The molecular formula is C23H22N4O. The Hall–Kier alpha value is -3.31. The lowest BCUT2D eigenvalue weighted by Gasteiger charge is -2.15. The molecule has 0 amide bonds. The first kappa shape index (κ1) is 18.1. The van der Waals surface area contributed by atoms with Crippen molar-refractivity contribution >= 4 is 10.9 Å². The molecule has 0 aliphatic rings. The van der Waals surface area contributed by atoms with E-state index in [0.717, 1.165) is 29.8 Å². The van der Waals surface area contributed by atoms with E-state index in [0.29, 0.717) is 23.3 Å². The lowest BCUT2D eigenvalue weighted by Crippen LogP contribution is -2.28. The van der Waals surface area contributed by atoms with Crippen molar-refractivity contribution in [2.24, 2.45) is 0 Å². The molecule has 0 atom stereocenters. The Labute approximate surface area is 163 Å². The van der Waals surface area contributed by atoms with Gasteiger partial charge in [-0.15, -0.1) is 0 Å². The molecule has 0 saturated carbocycles. The predicted octanol–water partition coefficient (Wildman–Crippen LogP) is 3.95. The Morgan fingerprint density at radius 2 is 1.86 bits per heavy atom. The molecule has 0 aliphatic carbocycles. The molecule has 0 unspecified atom stereocenters. The Kier molecular flexibility index (Phi) is 5.26. The molecule has 0 fully saturated rings. The van der Waals surface area contributed by atoms with Crippen LogP contribution in [0.25, 0.3) is 27.7 Å². The van der Waals surface area contributed by atoms with Crippen molar-refractivity contribution in [2.75, 3.05) is 6.54 Å². The van der Waals surface area contributed by atoms with Crippen LogP contribution in [0, 0.1) is 0 Å². The van der Waals surface area contributed by atoms with Crippen molar-refractivity contribution in [3.05, 3.63) is 89.2 Å². The highest BCUT2D eigenvalue weighted by atomic mass is 16.1. The summed E-state index contributed by atoms with van der Waals surface area (Å²) in [7, 11) is 0. The summed E-state index contributed by atoms with van der Waals surface area (Å²) < 4.78 is 1.71. The third kappa shape index (κ3) is 3.44. The molecule has 4 aromatic rings. The normalized spacial score (nSPS) is 11.0. The highest BCUT2D eigenvalue weighted by Crippen LogP contribution is 2.25. The number of hydrogen-bond donors (Lipinski definition) is 1. The number of fused-ring (bicyclic) bond motifs is 1. The van der Waals surface area contributed by atoms with Gasteiger partial charge >= 0.3 is 0 Å². The Balaban J connectivity index is 1.99. The van der Waals surface area contributed by atoms with E-state index >= 15 is 0 Å². The van der Waals surface area contributed by atoms with Crippen LogP contribution in [0.1, 0.15) is 19.2 Å². The molecule has 4 rings (SSSR count). The highest BCUT2D eigenvalue weighted by Gasteiger charge is 2.16. The lowest BCUT2D eigenvalue weighted by molar-refractivity contribution is 0.634. The topological polar surface area (TPSA) is 59.8 Å². The van der Waals surface area contributed by atoms with Gasteiger partial charge in [-0.3, -0.25) is 14.3 Å². The summed E-state index contributed by atoms with van der Waals surface area (Å²) in [4.78, 5) is 22.7. The monoisotopic (exact) mass is 370 g/mol. The Bertz CT molecular complexity index is 1140. The summed E-state index contributed by atoms with van der Waals surface area (Å²) in [6, 6.07) is 19.3. The minimum atomic E-state index is -0.0658. The van der Waals surface area contributed by atoms with Crippen LogP contribution in [0.4, 0.5) is 0 Å². The second-order valence-corrected chi connectivity index (χ2v) is 6.62. The van der Waals surface area contributed by atoms with Gasteiger partial charge in [-0.2, -0.15) is 0 Å². The third-order valence-electron chi connectivity index (χ3n) is 4.66. The predicted molar refractivity (Wildman–Crippen MR) is 113 cm³/mol. The summed E-state index contributed by atoms with van der Waals surface area (Å²) in [5.74, 6) is 0.709. The zero-order valence-electron chi connectivity index (χ0n) is 15.8. The third-order valence-corrected chi connectivity index (χ3v) is 4.66. The van der Waals surface area contributed by atoms with E-state index in [-0.39, 0.29) is 5.56 Å². The number of rotatable bonds is 6. The number of para-hydroxylation sites is 1. The van der Waals surface area contributed by atoms with Gasteiger partial charge in [0.15, 0.2) is 0 Å². The lowest BCUT2D eigenvalue weighted by atomic mass is 10.0. The molecule has 5 nitrogen and oxygen atoms in total. The average molecular weight is 370 g/mol. The van der Waals surface area contributed by atoms with Gasteiger partial charge in [-0.25, -0.2) is 4.98 Å². The van der Waals surface area contributed by atoms with E-state index in [4.69, 9.17) is 4.98 Å². The van der Waals surface area contributed by atoms with E-state index in [1.165, 1.54) is 0 Å². The van der Waals surface area contributed by atoms with Gasteiger partial charge in [0, 0.05) is 18.0 Å². The van der Waals surface area contributed by atoms with Crippen LogP contribution in [-0.4, -0.2) is 21.1 Å². The van der Waals surface area contributed by atoms with Gasteiger partial charge in [0.1, 0.15) is 5.82 Å². The molecule has 0 radical (unpaired) electrons. The molecule has 0 aliphatic heterocycles. The average Bonchev–Trinajstić information content (AvgIpc) is 2.75. The van der Waals surface area contributed by atoms with Crippen LogP contribution in [0.2, 0.25) is 0 Å². The van der Waals surface area contributed by atoms with Crippen LogP contribution < -0.4 is 10.9 Å². The summed E-state index contributed by atoms with van der Waals surface area (Å²) in [6.07, 6.45) is 4.53. The van der Waals surface area contributed by atoms with Gasteiger partial charge in [-0.1, -0.05) is 43.3 Å². The molecule has 28 heavy (non-hydrogen) atoms. The molecule has 5 heteroatoms. The molecule has 1 N–H and O–H groups in total. The molecule has 0 bridgehead atoms. The smallest absolute Gasteiger partial charge is 0.266 e. The molecule has 2 heterocycles. The second kappa shape index (κ2) is 8.15. The van der Waals surface area contributed by atoms with E-state index in [1.807, 2.05) is 60.7 Å². The van der Waals surface area contributed by atoms with Crippen LogP contribution in [-0.2, 0) is 6.54 Å². The fraction of sp³-hybridized carbons (Fsp3) is 0.174. The maximum absolute atomic E-state index is 13.7. The number of hydrogen-bond acceptors (Lipinski definition) is 4. The minimum absolute atomic E-state index is 0.0658. The van der Waals surface area contributed by atoms with Crippen LogP contribution in [0.5, 0.6) is 0 Å². The summed E-state index contributed by atoms with van der Waals surface area (Å²) in [6.45, 7) is 3.52. The number of aromatic nitrogens is 3. The largest absolute Gasteiger partial charge is 0.310 e. The maximum Gasteiger partial charge on any atom is 0.266 e. The van der Waals surface area contributed by atoms with E-state index in [1.54, 1.807) is 17.0 Å². The molecular weight excluding hydrogens is 348 g/mol. The van der Waals surface area contributed by atoms with E-state index in [2.05, 4.69) is 17.2 Å². The standard InChI is InChI=1S/C23H22N4O/c1-2-13-24-16-21-26-20-12-6-11-19(17-8-7-14-25-15-17)22(20)23(28)27(21)18-9-4-3-5-10-18/h3-12,14-15,24H,2,13,16H2,1H3. The molecule has 2 aromatic heterocycles. The molecule has 140 valence electrons. The first-order valence-electron chi connectivity index (χ1n) is 9.51. The van der Waals surface area contributed by atoms with Crippen molar-refractivity contribution < 1.29 is 0 Å². The number of nitrogens with one attached hydrogen (secondary N) is 1. The summed E-state index contributed by atoms with van der Waals surface area (Å²) >= 11 is 0. The quantitative estimate of drug-likeness (QED) is 0.522. The fourth-order valence-corrected chi connectivity index (χ4v) is 3.38. The fourth-order valence-electron chi connectivity index (χ4n) is 3.38. The Morgan fingerprint density at radius 3 is 2.61 bits per heavy atom. The summed E-state index contributed by atoms with van der Waals surface area (Å²) in [5.41, 5.74) is 3.20. The van der Waals surface area contributed by atoms with Crippen molar-refractivity contribution in [3.8, 4) is 16.8 Å². The van der Waals surface area contributed by atoms with Crippen molar-refractivity contribution in [2.45, 2.75) is 19.9 Å². The van der Waals surface area contributed by atoms with Gasteiger partial charge < -0.3 is 5.32 Å². The Morgan fingerprint density at radius 1 is 1.00 bits per heavy atom. The van der Waals surface area contributed by atoms with E-state index in [9.17, 15) is 4.79 Å². The van der Waals surface area contributed by atoms with Crippen molar-refractivity contribution in [3.63, 3.8) is 0 Å². The van der Waals surface area contributed by atoms with Gasteiger partial charge in [-0.05, 0) is 42.8 Å². The number of nitrogens with zero attached hydrogens (tertiary/aromatic N) is 3. The zero-order valence-corrected chi connectivity index (χ0v) is 15.8. The van der Waals surface area contributed by atoms with Crippen LogP contribution >= 0.6 is 0 Å². The van der Waals surface area contributed by atoms with Gasteiger partial charge in [0.05, 0.1) is 23.1 Å². The first-order valence-corrected chi connectivity index (χ1v) is 9.51. The summed E-state index contributed by atoms with van der Waals surface area (Å²) in [5, 5.41) is 3.98. The van der Waals surface area contributed by atoms with Crippen molar-refractivity contribution in [1.29, 1.82) is 0 Å².